The number of hydrogen-bond donors (Lipinski definition) is 5. The molecule has 0 amide bonds. The van der Waals surface area contributed by atoms with Crippen LogP contribution in [0.25, 0.3) is 0 Å². The second-order valence-corrected chi connectivity index (χ2v) is 9.70. The lowest BCUT2D eigenvalue weighted by molar-refractivity contribution is 0.327. The van der Waals surface area contributed by atoms with Gasteiger partial charge in [0.1, 0.15) is 5.75 Å². The number of ether oxygens (including phenoxy) is 1. The van der Waals surface area contributed by atoms with Crippen molar-refractivity contribution in [3.63, 3.8) is 0 Å². The van der Waals surface area contributed by atoms with Crippen LogP contribution in [0.4, 0.5) is 0 Å². The molecule has 1 aromatic rings. The quantitative estimate of drug-likeness (QED) is 0.232. The number of rotatable bonds is 10. The van der Waals surface area contributed by atoms with Crippen LogP contribution < -0.4 is 10.1 Å². The van der Waals surface area contributed by atoms with Crippen molar-refractivity contribution in [1.82, 2.24) is 5.32 Å². The fraction of sp³-hybridized carbons (Fsp3) is 0.500. The first-order valence-electron chi connectivity index (χ1n) is 6.75. The predicted molar refractivity (Wildman–Crippen MR) is 88.8 cm³/mol. The minimum absolute atomic E-state index is 0.115. The van der Waals surface area contributed by atoms with Crippen molar-refractivity contribution >= 4 is 27.0 Å². The van der Waals surface area contributed by atoms with Crippen molar-refractivity contribution in [2.45, 2.75) is 23.3 Å². The summed E-state index contributed by atoms with van der Waals surface area (Å²) >= 11 is 1.62. The molecule has 0 heterocycles. The first kappa shape index (κ1) is 20.7. The fourth-order valence-corrected chi connectivity index (χ4v) is 4.97. The molecule has 0 aromatic heterocycles. The SMILES string of the molecule is COc1ccc(SCCCCNC(P(=O)(O)O)P(=O)(O)O)cc1. The molecule has 0 saturated carbocycles. The summed E-state index contributed by atoms with van der Waals surface area (Å²) in [5, 5.41) is 2.26. The van der Waals surface area contributed by atoms with Gasteiger partial charge in [-0.25, -0.2) is 0 Å². The minimum atomic E-state index is -4.90. The molecule has 0 saturated heterocycles. The molecule has 5 N–H and O–H groups in total. The van der Waals surface area contributed by atoms with Crippen LogP contribution in [0.2, 0.25) is 0 Å². The smallest absolute Gasteiger partial charge is 0.354 e. The largest absolute Gasteiger partial charge is 0.497 e. The molecule has 1 rings (SSSR count). The summed E-state index contributed by atoms with van der Waals surface area (Å²) in [6, 6.07) is 7.57. The second-order valence-electron chi connectivity index (χ2n) is 4.74. The Bertz CT molecular complexity index is 549. The molecule has 0 bridgehead atoms. The van der Waals surface area contributed by atoms with Crippen LogP contribution in [-0.2, 0) is 9.13 Å². The van der Waals surface area contributed by atoms with Crippen LogP contribution in [0.3, 0.4) is 0 Å². The van der Waals surface area contributed by atoms with Crippen molar-refractivity contribution in [3.8, 4) is 5.75 Å². The van der Waals surface area contributed by atoms with E-state index in [-0.39, 0.29) is 6.54 Å². The Balaban J connectivity index is 2.29. The molecule has 0 fully saturated rings. The third-order valence-corrected chi connectivity index (χ3v) is 7.41. The number of thioether (sulfide) groups is 1. The Morgan fingerprint density at radius 1 is 1.09 bits per heavy atom. The molecule has 0 aliphatic carbocycles. The highest BCUT2D eigenvalue weighted by Gasteiger charge is 2.42. The van der Waals surface area contributed by atoms with E-state index in [2.05, 4.69) is 5.32 Å². The van der Waals surface area contributed by atoms with E-state index in [4.69, 9.17) is 24.3 Å². The molecule has 23 heavy (non-hydrogen) atoms. The van der Waals surface area contributed by atoms with Gasteiger partial charge in [0.2, 0.25) is 5.52 Å². The number of nitrogens with one attached hydrogen (secondary N) is 1. The third kappa shape index (κ3) is 7.83. The van der Waals surface area contributed by atoms with Crippen LogP contribution in [0, 0.1) is 0 Å². The van der Waals surface area contributed by atoms with E-state index >= 15 is 0 Å². The van der Waals surface area contributed by atoms with Crippen molar-refractivity contribution < 1.29 is 33.4 Å². The lowest BCUT2D eigenvalue weighted by Gasteiger charge is -2.20. The lowest BCUT2D eigenvalue weighted by Crippen LogP contribution is -2.29. The number of benzene rings is 1. The third-order valence-electron chi connectivity index (χ3n) is 2.86. The van der Waals surface area contributed by atoms with Crippen LogP contribution in [-0.4, -0.2) is 44.5 Å². The Hall–Kier alpha value is -0.370. The van der Waals surface area contributed by atoms with Gasteiger partial charge < -0.3 is 24.3 Å². The van der Waals surface area contributed by atoms with Crippen LogP contribution in [0.5, 0.6) is 5.75 Å². The van der Waals surface area contributed by atoms with Gasteiger partial charge >= 0.3 is 15.2 Å². The maximum absolute atomic E-state index is 11.1. The molecular formula is C12H21NO7P2S. The molecule has 1 aromatic carbocycles. The minimum Gasteiger partial charge on any atom is -0.497 e. The average Bonchev–Trinajstić information content (AvgIpc) is 2.44. The van der Waals surface area contributed by atoms with Crippen molar-refractivity contribution in [3.05, 3.63) is 24.3 Å². The number of hydrogen-bond acceptors (Lipinski definition) is 5. The first-order valence-corrected chi connectivity index (χ1v) is 11.1. The molecule has 11 heteroatoms. The van der Waals surface area contributed by atoms with Gasteiger partial charge in [0.15, 0.2) is 0 Å². The number of unbranched alkanes of at least 4 members (excludes halogenated alkanes) is 1. The standard InChI is InChI=1S/C12H21NO7P2S/c1-20-10-4-6-11(7-5-10)23-9-3-2-8-13-12(21(14,15)16)22(17,18)19/h4-7,12-13H,2-3,8-9H2,1H3,(H2,14,15,16)(H2,17,18,19). The summed E-state index contributed by atoms with van der Waals surface area (Å²) < 4.78 is 27.2. The van der Waals surface area contributed by atoms with Crippen LogP contribution in [0.1, 0.15) is 12.8 Å². The van der Waals surface area contributed by atoms with Crippen LogP contribution in [0.15, 0.2) is 29.2 Å². The highest BCUT2D eigenvalue weighted by atomic mass is 32.2. The molecule has 0 unspecified atom stereocenters. The van der Waals surface area contributed by atoms with Gasteiger partial charge in [-0.1, -0.05) is 0 Å². The van der Waals surface area contributed by atoms with Gasteiger partial charge in [-0.05, 0) is 49.4 Å². The Labute approximate surface area is 139 Å². The predicted octanol–water partition coefficient (Wildman–Crippen LogP) is 1.80. The van der Waals surface area contributed by atoms with Crippen molar-refractivity contribution in [1.29, 1.82) is 0 Å². The monoisotopic (exact) mass is 385 g/mol. The molecule has 0 atom stereocenters. The van der Waals surface area contributed by atoms with E-state index < -0.39 is 20.7 Å². The van der Waals surface area contributed by atoms with E-state index in [1.165, 1.54) is 0 Å². The maximum atomic E-state index is 11.1. The summed E-state index contributed by atoms with van der Waals surface area (Å²) in [5.41, 5.74) is -2.13. The summed E-state index contributed by atoms with van der Waals surface area (Å²) in [6.45, 7) is 0.115. The van der Waals surface area contributed by atoms with E-state index in [1.807, 2.05) is 24.3 Å². The molecule has 0 radical (unpaired) electrons. The Morgan fingerprint density at radius 2 is 1.65 bits per heavy atom. The summed E-state index contributed by atoms with van der Waals surface area (Å²) in [4.78, 5) is 36.9. The molecule has 8 nitrogen and oxygen atoms in total. The Morgan fingerprint density at radius 3 is 2.13 bits per heavy atom. The van der Waals surface area contributed by atoms with Crippen LogP contribution >= 0.6 is 27.0 Å². The van der Waals surface area contributed by atoms with Gasteiger partial charge in [-0.3, -0.25) is 14.4 Å². The topological polar surface area (TPSA) is 136 Å². The molecular weight excluding hydrogens is 364 g/mol. The fourth-order valence-electron chi connectivity index (χ4n) is 1.75. The molecule has 0 aliphatic heterocycles. The highest BCUT2D eigenvalue weighted by Crippen LogP contribution is 2.58. The zero-order valence-electron chi connectivity index (χ0n) is 12.5. The van der Waals surface area contributed by atoms with Gasteiger partial charge in [0.25, 0.3) is 0 Å². The van der Waals surface area contributed by atoms with E-state index in [1.54, 1.807) is 18.9 Å². The van der Waals surface area contributed by atoms with E-state index in [0.717, 1.165) is 22.8 Å². The number of methoxy groups -OCH3 is 1. The lowest BCUT2D eigenvalue weighted by atomic mass is 10.3. The first-order chi connectivity index (χ1) is 10.6. The van der Waals surface area contributed by atoms with Gasteiger partial charge in [0.05, 0.1) is 7.11 Å². The molecule has 0 spiro atoms. The Kier molecular flexibility index (Phi) is 8.27. The van der Waals surface area contributed by atoms with Gasteiger partial charge in [0, 0.05) is 4.90 Å². The van der Waals surface area contributed by atoms with Crippen molar-refractivity contribution in [2.75, 3.05) is 19.4 Å². The van der Waals surface area contributed by atoms with Gasteiger partial charge in [-0.2, -0.15) is 0 Å². The average molecular weight is 385 g/mol. The molecule has 132 valence electrons. The zero-order valence-corrected chi connectivity index (χ0v) is 15.1. The summed E-state index contributed by atoms with van der Waals surface area (Å²) in [6.07, 6.45) is 1.28. The van der Waals surface area contributed by atoms with Gasteiger partial charge in [-0.15, -0.1) is 11.8 Å². The summed E-state index contributed by atoms with van der Waals surface area (Å²) in [5.74, 6) is 1.56. The molecule has 0 aliphatic rings. The second kappa shape index (κ2) is 9.20. The van der Waals surface area contributed by atoms with E-state index in [9.17, 15) is 9.13 Å². The normalized spacial score (nSPS) is 12.6. The summed E-state index contributed by atoms with van der Waals surface area (Å²) in [7, 11) is -8.20. The maximum Gasteiger partial charge on any atom is 0.354 e. The van der Waals surface area contributed by atoms with E-state index in [0.29, 0.717) is 6.42 Å². The highest BCUT2D eigenvalue weighted by molar-refractivity contribution is 7.99. The zero-order chi connectivity index (χ0) is 17.5. The van der Waals surface area contributed by atoms with Crippen molar-refractivity contribution in [2.24, 2.45) is 0 Å².